The maximum absolute atomic E-state index is 12.6. The molecule has 0 bridgehead atoms. The summed E-state index contributed by atoms with van der Waals surface area (Å²) >= 11 is 0. The van der Waals surface area contributed by atoms with Crippen LogP contribution in [0.5, 0.6) is 0 Å². The first-order valence-electron chi connectivity index (χ1n) is 10.1. The molecule has 0 radical (unpaired) electrons. The van der Waals surface area contributed by atoms with Gasteiger partial charge in [0, 0.05) is 50.5 Å². The topological polar surface area (TPSA) is 44.8 Å². The van der Waals surface area contributed by atoms with E-state index in [0.29, 0.717) is 5.41 Å². The SMILES string of the molecule is O=C(Nc1ccccc1)N1CC[C@]2(CCCN(CC3CCOCC3)C2)C1. The van der Waals surface area contributed by atoms with E-state index in [1.54, 1.807) is 0 Å². The molecule has 2 amide bonds. The number of rotatable bonds is 3. The largest absolute Gasteiger partial charge is 0.381 e. The lowest BCUT2D eigenvalue weighted by Gasteiger charge is -2.42. The Morgan fingerprint density at radius 2 is 1.92 bits per heavy atom. The molecule has 0 aromatic heterocycles. The van der Waals surface area contributed by atoms with E-state index in [1.807, 2.05) is 35.2 Å². The summed E-state index contributed by atoms with van der Waals surface area (Å²) in [5.41, 5.74) is 1.18. The van der Waals surface area contributed by atoms with Gasteiger partial charge in [-0.3, -0.25) is 0 Å². The number of benzene rings is 1. The fourth-order valence-corrected chi connectivity index (χ4v) is 4.93. The van der Waals surface area contributed by atoms with Crippen molar-refractivity contribution < 1.29 is 9.53 Å². The third-order valence-corrected chi connectivity index (χ3v) is 6.35. The van der Waals surface area contributed by atoms with Gasteiger partial charge >= 0.3 is 6.03 Å². The summed E-state index contributed by atoms with van der Waals surface area (Å²) < 4.78 is 5.50. The Bertz CT molecular complexity index is 603. The Balaban J connectivity index is 1.31. The first-order chi connectivity index (χ1) is 12.7. The standard InChI is InChI=1S/C21H31N3O2/c25-20(22-19-5-2-1-3-6-19)24-12-10-21(17-24)9-4-11-23(16-21)15-18-7-13-26-14-8-18/h1-3,5-6,18H,4,7-17H2,(H,22,25)/t21-/m0/s1. The summed E-state index contributed by atoms with van der Waals surface area (Å²) in [5, 5.41) is 3.04. The van der Waals surface area contributed by atoms with Crippen LogP contribution in [-0.4, -0.2) is 61.8 Å². The monoisotopic (exact) mass is 357 g/mol. The predicted octanol–water partition coefficient (Wildman–Crippen LogP) is 3.43. The molecule has 0 unspecified atom stereocenters. The van der Waals surface area contributed by atoms with E-state index in [1.165, 1.54) is 38.8 Å². The number of nitrogens with zero attached hydrogens (tertiary/aromatic N) is 2. The number of ether oxygens (including phenoxy) is 1. The molecule has 3 aliphatic heterocycles. The summed E-state index contributed by atoms with van der Waals surface area (Å²) in [7, 11) is 0. The van der Waals surface area contributed by atoms with Gasteiger partial charge in [-0.2, -0.15) is 0 Å². The van der Waals surface area contributed by atoms with E-state index in [2.05, 4.69) is 10.2 Å². The second kappa shape index (κ2) is 7.97. The van der Waals surface area contributed by atoms with Gasteiger partial charge in [0.1, 0.15) is 0 Å². The highest BCUT2D eigenvalue weighted by Crippen LogP contribution is 2.39. The van der Waals surface area contributed by atoms with Crippen molar-refractivity contribution in [1.82, 2.24) is 9.80 Å². The maximum Gasteiger partial charge on any atom is 0.321 e. The lowest BCUT2D eigenvalue weighted by molar-refractivity contribution is 0.0321. The van der Waals surface area contributed by atoms with Crippen molar-refractivity contribution in [2.24, 2.45) is 11.3 Å². The van der Waals surface area contributed by atoms with Crippen LogP contribution >= 0.6 is 0 Å². The number of likely N-dealkylation sites (tertiary alicyclic amines) is 2. The van der Waals surface area contributed by atoms with Gasteiger partial charge in [0.2, 0.25) is 0 Å². The number of para-hydroxylation sites is 1. The van der Waals surface area contributed by atoms with Crippen molar-refractivity contribution in [3.63, 3.8) is 0 Å². The molecule has 3 heterocycles. The van der Waals surface area contributed by atoms with Crippen LogP contribution in [0.15, 0.2) is 30.3 Å². The van der Waals surface area contributed by atoms with Crippen LogP contribution in [0.25, 0.3) is 0 Å². The Labute approximate surface area is 156 Å². The lowest BCUT2D eigenvalue weighted by atomic mass is 9.79. The van der Waals surface area contributed by atoms with Gasteiger partial charge < -0.3 is 19.9 Å². The van der Waals surface area contributed by atoms with Crippen LogP contribution in [-0.2, 0) is 4.74 Å². The van der Waals surface area contributed by atoms with Crippen LogP contribution < -0.4 is 5.32 Å². The lowest BCUT2D eigenvalue weighted by Crippen LogP contribution is -2.47. The summed E-state index contributed by atoms with van der Waals surface area (Å²) in [6.07, 6.45) is 6.06. The number of carbonyl (C=O) groups is 1. The quantitative estimate of drug-likeness (QED) is 0.901. The van der Waals surface area contributed by atoms with Crippen molar-refractivity contribution in [3.05, 3.63) is 30.3 Å². The van der Waals surface area contributed by atoms with Crippen LogP contribution in [0.3, 0.4) is 0 Å². The van der Waals surface area contributed by atoms with Crippen molar-refractivity contribution in [1.29, 1.82) is 0 Å². The maximum atomic E-state index is 12.6. The zero-order chi connectivity index (χ0) is 17.8. The molecule has 26 heavy (non-hydrogen) atoms. The van der Waals surface area contributed by atoms with Crippen molar-refractivity contribution in [3.8, 4) is 0 Å². The third-order valence-electron chi connectivity index (χ3n) is 6.35. The van der Waals surface area contributed by atoms with Crippen molar-refractivity contribution >= 4 is 11.7 Å². The van der Waals surface area contributed by atoms with E-state index in [9.17, 15) is 4.79 Å². The first-order valence-corrected chi connectivity index (χ1v) is 10.1. The Kier molecular flexibility index (Phi) is 5.46. The molecule has 142 valence electrons. The first kappa shape index (κ1) is 17.8. The fraction of sp³-hybridized carbons (Fsp3) is 0.667. The van der Waals surface area contributed by atoms with Crippen LogP contribution in [0.2, 0.25) is 0 Å². The molecule has 1 aromatic rings. The van der Waals surface area contributed by atoms with Gasteiger partial charge in [-0.25, -0.2) is 4.79 Å². The van der Waals surface area contributed by atoms with Gasteiger partial charge in [-0.15, -0.1) is 0 Å². The Hall–Kier alpha value is -1.59. The second-order valence-corrected chi connectivity index (χ2v) is 8.36. The van der Waals surface area contributed by atoms with E-state index in [4.69, 9.17) is 4.74 Å². The average molecular weight is 357 g/mol. The van der Waals surface area contributed by atoms with Gasteiger partial charge in [0.15, 0.2) is 0 Å². The molecular weight excluding hydrogens is 326 g/mol. The Morgan fingerprint density at radius 3 is 2.73 bits per heavy atom. The van der Waals surface area contributed by atoms with E-state index in [0.717, 1.165) is 50.9 Å². The number of nitrogens with one attached hydrogen (secondary N) is 1. The van der Waals surface area contributed by atoms with Gasteiger partial charge in [-0.1, -0.05) is 18.2 Å². The molecular formula is C21H31N3O2. The number of hydrogen-bond acceptors (Lipinski definition) is 3. The van der Waals surface area contributed by atoms with Gasteiger partial charge in [0.25, 0.3) is 0 Å². The molecule has 0 aliphatic carbocycles. The molecule has 1 aromatic carbocycles. The molecule has 1 spiro atoms. The highest BCUT2D eigenvalue weighted by Gasteiger charge is 2.43. The zero-order valence-electron chi connectivity index (χ0n) is 15.7. The minimum atomic E-state index is 0.0506. The average Bonchev–Trinajstić information content (AvgIpc) is 3.07. The molecule has 3 aliphatic rings. The van der Waals surface area contributed by atoms with Crippen LogP contribution in [0, 0.1) is 11.3 Å². The molecule has 3 saturated heterocycles. The highest BCUT2D eigenvalue weighted by atomic mass is 16.5. The minimum absolute atomic E-state index is 0.0506. The second-order valence-electron chi connectivity index (χ2n) is 8.36. The molecule has 0 saturated carbocycles. The molecule has 3 fully saturated rings. The van der Waals surface area contributed by atoms with E-state index in [-0.39, 0.29) is 6.03 Å². The smallest absolute Gasteiger partial charge is 0.321 e. The third kappa shape index (κ3) is 4.21. The van der Waals surface area contributed by atoms with Crippen LogP contribution in [0.1, 0.15) is 32.1 Å². The minimum Gasteiger partial charge on any atom is -0.381 e. The van der Waals surface area contributed by atoms with Crippen molar-refractivity contribution in [2.45, 2.75) is 32.1 Å². The molecule has 1 atom stereocenters. The number of anilines is 1. The normalized spacial score (nSPS) is 27.8. The number of urea groups is 1. The number of piperidine rings is 1. The molecule has 1 N–H and O–H groups in total. The highest BCUT2D eigenvalue weighted by molar-refractivity contribution is 5.89. The number of amides is 2. The van der Waals surface area contributed by atoms with E-state index < -0.39 is 0 Å². The van der Waals surface area contributed by atoms with Crippen molar-refractivity contribution in [2.75, 3.05) is 51.3 Å². The summed E-state index contributed by atoms with van der Waals surface area (Å²) in [6.45, 7) is 7.21. The molecule has 4 rings (SSSR count). The summed E-state index contributed by atoms with van der Waals surface area (Å²) in [4.78, 5) is 17.3. The number of hydrogen-bond donors (Lipinski definition) is 1. The Morgan fingerprint density at radius 1 is 1.12 bits per heavy atom. The summed E-state index contributed by atoms with van der Waals surface area (Å²) in [6, 6.07) is 9.82. The molecule has 5 nitrogen and oxygen atoms in total. The van der Waals surface area contributed by atoms with Crippen LogP contribution in [0.4, 0.5) is 10.5 Å². The molecule has 5 heteroatoms. The fourth-order valence-electron chi connectivity index (χ4n) is 4.93. The predicted molar refractivity (Wildman–Crippen MR) is 103 cm³/mol. The number of carbonyl (C=O) groups excluding carboxylic acids is 1. The van der Waals surface area contributed by atoms with Gasteiger partial charge in [-0.05, 0) is 56.7 Å². The zero-order valence-corrected chi connectivity index (χ0v) is 15.7. The summed E-state index contributed by atoms with van der Waals surface area (Å²) in [5.74, 6) is 0.790. The van der Waals surface area contributed by atoms with E-state index >= 15 is 0 Å². The van der Waals surface area contributed by atoms with Gasteiger partial charge in [0.05, 0.1) is 0 Å².